The van der Waals surface area contributed by atoms with Crippen molar-refractivity contribution < 1.29 is 38.9 Å². The van der Waals surface area contributed by atoms with E-state index in [-0.39, 0.29) is 27.9 Å². The summed E-state index contributed by atoms with van der Waals surface area (Å²) < 4.78 is 10.4. The molecule has 2 N–H and O–H groups in total. The van der Waals surface area contributed by atoms with E-state index in [9.17, 15) is 19.5 Å². The van der Waals surface area contributed by atoms with Crippen molar-refractivity contribution >= 4 is 45.9 Å². The fraction of sp³-hybridized carbons (Fsp3) is 0.259. The van der Waals surface area contributed by atoms with Gasteiger partial charge in [0.2, 0.25) is 0 Å². The number of carboxylic acid groups (broad SMARTS) is 1. The van der Waals surface area contributed by atoms with E-state index in [2.05, 4.69) is 9.97 Å². The first kappa shape index (κ1) is 29.0. The number of ketones is 1. The molecule has 1 saturated heterocycles. The third-order valence-corrected chi connectivity index (χ3v) is 6.70. The van der Waals surface area contributed by atoms with Gasteiger partial charge < -0.3 is 19.7 Å². The van der Waals surface area contributed by atoms with E-state index in [0.717, 1.165) is 23.8 Å². The molecule has 1 amide bonds. The molecule has 0 aliphatic carbocycles. The number of ether oxygens (including phenoxy) is 2. The quantitative estimate of drug-likeness (QED) is 0.197. The first-order valence-electron chi connectivity index (χ1n) is 11.7. The molecule has 3 aromatic rings. The van der Waals surface area contributed by atoms with Crippen LogP contribution >= 0.6 is 11.3 Å². The molecule has 12 heteroatoms. The van der Waals surface area contributed by atoms with Gasteiger partial charge in [0, 0.05) is 24.9 Å². The van der Waals surface area contributed by atoms with E-state index in [1.54, 1.807) is 50.4 Å². The molecule has 1 aliphatic heterocycles. The van der Waals surface area contributed by atoms with Gasteiger partial charge in [0.25, 0.3) is 11.8 Å². The smallest absolute Gasteiger partial charge is 0.350 e. The number of aliphatic carboxylic acids is 1. The highest BCUT2D eigenvalue weighted by molar-refractivity contribution is 7.17. The van der Waals surface area contributed by atoms with Crippen LogP contribution in [0.1, 0.15) is 51.9 Å². The Labute approximate surface area is 228 Å². The van der Waals surface area contributed by atoms with Crippen LogP contribution in [-0.2, 0) is 19.1 Å². The SMILES string of the molecule is CC(=O)O.CCOC(=O)c1sc(N2C(=O)C(=O)C(=C(O)c3ccc(OC)c(C)c3)C2c2cccnc2)nc1C. The Morgan fingerprint density at radius 1 is 1.15 bits per heavy atom. The average molecular weight is 554 g/mol. The third kappa shape index (κ3) is 6.12. The highest BCUT2D eigenvalue weighted by Crippen LogP contribution is 2.44. The van der Waals surface area contributed by atoms with Crippen molar-refractivity contribution in [3.8, 4) is 5.75 Å². The summed E-state index contributed by atoms with van der Waals surface area (Å²) in [7, 11) is 1.54. The van der Waals surface area contributed by atoms with Gasteiger partial charge in [0.1, 0.15) is 16.4 Å². The predicted molar refractivity (Wildman–Crippen MR) is 143 cm³/mol. The lowest BCUT2D eigenvalue weighted by atomic mass is 9.96. The van der Waals surface area contributed by atoms with E-state index in [1.807, 2.05) is 6.92 Å². The van der Waals surface area contributed by atoms with Crippen LogP contribution in [0.25, 0.3) is 5.76 Å². The molecule has 4 rings (SSSR count). The van der Waals surface area contributed by atoms with Gasteiger partial charge in [-0.3, -0.25) is 24.3 Å². The van der Waals surface area contributed by atoms with Crippen LogP contribution in [0.3, 0.4) is 0 Å². The maximum absolute atomic E-state index is 13.3. The number of nitrogens with zero attached hydrogens (tertiary/aromatic N) is 3. The van der Waals surface area contributed by atoms with E-state index < -0.39 is 29.7 Å². The number of pyridine rings is 1. The second-order valence-corrected chi connectivity index (χ2v) is 9.27. The number of rotatable bonds is 6. The molecule has 0 radical (unpaired) electrons. The number of esters is 1. The molecule has 204 valence electrons. The topological polar surface area (TPSA) is 156 Å². The van der Waals surface area contributed by atoms with Crippen LogP contribution in [0.5, 0.6) is 5.75 Å². The molecule has 0 bridgehead atoms. The average Bonchev–Trinajstić information content (AvgIpc) is 3.40. The Kier molecular flexibility index (Phi) is 9.15. The normalized spacial score (nSPS) is 15.9. The van der Waals surface area contributed by atoms with Crippen LogP contribution < -0.4 is 9.64 Å². The van der Waals surface area contributed by atoms with Gasteiger partial charge in [0.05, 0.1) is 31.0 Å². The molecule has 0 saturated carbocycles. The van der Waals surface area contributed by atoms with Crippen LogP contribution in [0.15, 0.2) is 48.3 Å². The Bertz CT molecular complexity index is 1440. The summed E-state index contributed by atoms with van der Waals surface area (Å²) >= 11 is 0.952. The Balaban J connectivity index is 0.000000983. The van der Waals surface area contributed by atoms with Gasteiger partial charge in [-0.1, -0.05) is 17.4 Å². The number of carbonyl (C=O) groups excluding carboxylic acids is 3. The zero-order chi connectivity index (χ0) is 28.9. The minimum atomic E-state index is -0.994. The van der Waals surface area contributed by atoms with Gasteiger partial charge in [0.15, 0.2) is 5.13 Å². The number of carbonyl (C=O) groups is 4. The van der Waals surface area contributed by atoms with Gasteiger partial charge in [-0.25, -0.2) is 9.78 Å². The van der Waals surface area contributed by atoms with E-state index in [0.29, 0.717) is 22.6 Å². The molecule has 0 spiro atoms. The number of amides is 1. The number of aliphatic hydroxyl groups is 1. The molecule has 1 unspecified atom stereocenters. The summed E-state index contributed by atoms with van der Waals surface area (Å²) in [6.45, 7) is 6.40. The first-order chi connectivity index (χ1) is 18.5. The lowest BCUT2D eigenvalue weighted by Gasteiger charge is -2.22. The summed E-state index contributed by atoms with van der Waals surface area (Å²) in [6.07, 6.45) is 3.08. The van der Waals surface area contributed by atoms with Crippen molar-refractivity contribution in [3.05, 3.63) is 75.6 Å². The van der Waals surface area contributed by atoms with Gasteiger partial charge in [-0.15, -0.1) is 0 Å². The van der Waals surface area contributed by atoms with Crippen molar-refractivity contribution in [2.45, 2.75) is 33.7 Å². The number of hydrogen-bond donors (Lipinski definition) is 2. The summed E-state index contributed by atoms with van der Waals surface area (Å²) in [4.78, 5) is 57.8. The molecular formula is C27H27N3O8S. The lowest BCUT2D eigenvalue weighted by Crippen LogP contribution is -2.29. The Morgan fingerprint density at radius 2 is 1.85 bits per heavy atom. The molecule has 1 atom stereocenters. The number of anilines is 1. The second kappa shape index (κ2) is 12.3. The van der Waals surface area contributed by atoms with Gasteiger partial charge >= 0.3 is 11.9 Å². The van der Waals surface area contributed by atoms with Crippen molar-refractivity contribution in [1.29, 1.82) is 0 Å². The number of hydrogen-bond acceptors (Lipinski definition) is 10. The molecule has 11 nitrogen and oxygen atoms in total. The highest BCUT2D eigenvalue weighted by Gasteiger charge is 2.48. The zero-order valence-corrected chi connectivity index (χ0v) is 22.7. The number of methoxy groups -OCH3 is 1. The summed E-state index contributed by atoms with van der Waals surface area (Å²) in [5.74, 6) is -2.83. The number of thiazole rings is 1. The highest BCUT2D eigenvalue weighted by atomic mass is 32.1. The molecule has 1 fully saturated rings. The molecule has 1 aromatic carbocycles. The molecule has 39 heavy (non-hydrogen) atoms. The van der Waals surface area contributed by atoms with Crippen molar-refractivity contribution in [2.75, 3.05) is 18.6 Å². The zero-order valence-electron chi connectivity index (χ0n) is 21.9. The molecule has 3 heterocycles. The number of Topliss-reactive ketones (excluding diaryl/α,β-unsaturated/α-hetero) is 1. The van der Waals surface area contributed by atoms with Crippen molar-refractivity contribution in [2.24, 2.45) is 0 Å². The lowest BCUT2D eigenvalue weighted by molar-refractivity contribution is -0.134. The van der Waals surface area contributed by atoms with E-state index >= 15 is 0 Å². The summed E-state index contributed by atoms with van der Waals surface area (Å²) in [5.41, 5.74) is 1.89. The van der Waals surface area contributed by atoms with Crippen LogP contribution in [0.4, 0.5) is 5.13 Å². The third-order valence-electron chi connectivity index (χ3n) is 5.57. The van der Waals surface area contributed by atoms with Crippen LogP contribution in [-0.4, -0.2) is 57.5 Å². The minimum Gasteiger partial charge on any atom is -0.507 e. The van der Waals surface area contributed by atoms with Crippen LogP contribution in [0, 0.1) is 13.8 Å². The monoisotopic (exact) mass is 553 g/mol. The van der Waals surface area contributed by atoms with Crippen molar-refractivity contribution in [1.82, 2.24) is 9.97 Å². The summed E-state index contributed by atoms with van der Waals surface area (Å²) in [6, 6.07) is 7.34. The van der Waals surface area contributed by atoms with E-state index in [1.165, 1.54) is 18.2 Å². The standard InChI is InChI=1S/C25H23N3O6S.C2H4O2/c1-5-34-24(32)22-14(3)27-25(35-22)28-19(16-7-6-10-26-12-16)18(21(30)23(28)31)20(29)15-8-9-17(33-4)13(2)11-15;1-2(3)4/h6-12,19,29H,5H2,1-4H3;1H3,(H,3,4). The molecule has 2 aromatic heterocycles. The molecular weight excluding hydrogens is 526 g/mol. The number of benzene rings is 1. The largest absolute Gasteiger partial charge is 0.507 e. The minimum absolute atomic E-state index is 0.0990. The fourth-order valence-corrected chi connectivity index (χ4v) is 4.92. The first-order valence-corrected chi connectivity index (χ1v) is 12.5. The maximum Gasteiger partial charge on any atom is 0.350 e. The Hall–Kier alpha value is -4.58. The van der Waals surface area contributed by atoms with Gasteiger partial charge in [-0.05, 0) is 56.2 Å². The number of aromatic nitrogens is 2. The van der Waals surface area contributed by atoms with Crippen LogP contribution in [0.2, 0.25) is 0 Å². The maximum atomic E-state index is 13.3. The number of aliphatic hydroxyl groups excluding tert-OH is 1. The van der Waals surface area contributed by atoms with E-state index in [4.69, 9.17) is 19.4 Å². The van der Waals surface area contributed by atoms with Crippen molar-refractivity contribution in [3.63, 3.8) is 0 Å². The molecule has 1 aliphatic rings. The predicted octanol–water partition coefficient (Wildman–Crippen LogP) is 4.06. The second-order valence-electron chi connectivity index (χ2n) is 8.29. The number of carboxylic acids is 1. The Morgan fingerprint density at radius 3 is 2.41 bits per heavy atom. The van der Waals surface area contributed by atoms with Gasteiger partial charge in [-0.2, -0.15) is 0 Å². The fourth-order valence-electron chi connectivity index (χ4n) is 3.94. The summed E-state index contributed by atoms with van der Waals surface area (Å²) in [5, 5.41) is 18.8. The number of aryl methyl sites for hydroxylation is 2.